The predicted molar refractivity (Wildman–Crippen MR) is 42.7 cm³/mol. The number of hydrogen-bond acceptors (Lipinski definition) is 3. The Hall–Kier alpha value is -0.710. The summed E-state index contributed by atoms with van der Waals surface area (Å²) in [6, 6.07) is 0. The number of nitrogens with two attached hydrogens (primary N) is 2. The van der Waals surface area contributed by atoms with E-state index in [9.17, 15) is 0 Å². The van der Waals surface area contributed by atoms with Crippen molar-refractivity contribution >= 4 is 22.1 Å². The molecule has 0 amide bonds. The topological polar surface area (TPSA) is 76.8 Å². The lowest BCUT2D eigenvalue weighted by atomic mass is 11.2. The number of rotatable bonds is 0. The maximum Gasteiger partial charge on any atom is 0.161 e. The van der Waals surface area contributed by atoms with Gasteiger partial charge in [0.15, 0.2) is 10.3 Å². The van der Waals surface area contributed by atoms with Gasteiger partial charge in [-0.05, 0) is 11.8 Å². The van der Waals surface area contributed by atoms with Crippen molar-refractivity contribution in [1.82, 2.24) is 0 Å². The third kappa shape index (κ3) is 3.84. The molecule has 0 radical (unpaired) electrons. The van der Waals surface area contributed by atoms with Crippen LogP contribution in [0.3, 0.4) is 0 Å². The minimum atomic E-state index is 0.429. The highest BCUT2D eigenvalue weighted by molar-refractivity contribution is 8.26. The summed E-state index contributed by atoms with van der Waals surface area (Å²) in [4.78, 5) is 7.35. The van der Waals surface area contributed by atoms with Crippen LogP contribution in [0, 0.1) is 0 Å². The van der Waals surface area contributed by atoms with Gasteiger partial charge in [-0.2, -0.15) is 0 Å². The summed E-state index contributed by atoms with van der Waals surface area (Å²) in [5.41, 5.74) is 10.6. The standard InChI is InChI=1S/C4H10N4S/c1-7-3(5)9-4(6)8-2/h1-2H3,(H2,5,7)(H2,6,8). The van der Waals surface area contributed by atoms with Crippen molar-refractivity contribution in [2.45, 2.75) is 0 Å². The Morgan fingerprint density at radius 1 is 1.11 bits per heavy atom. The van der Waals surface area contributed by atoms with Crippen LogP contribution in [0.15, 0.2) is 9.98 Å². The van der Waals surface area contributed by atoms with Crippen LogP contribution in [0.5, 0.6) is 0 Å². The third-order valence-corrected chi connectivity index (χ3v) is 1.43. The summed E-state index contributed by atoms with van der Waals surface area (Å²) >= 11 is 1.16. The SMILES string of the molecule is CN=C(N)SC(N)=NC. The normalized spacial score (nSPS) is 14.0. The first kappa shape index (κ1) is 8.29. The first-order valence-corrected chi connectivity index (χ1v) is 3.14. The number of thioether (sulfide) groups is 1. The number of hydrogen-bond donors (Lipinski definition) is 2. The highest BCUT2D eigenvalue weighted by Crippen LogP contribution is 1.96. The summed E-state index contributed by atoms with van der Waals surface area (Å²) in [6.07, 6.45) is 0. The van der Waals surface area contributed by atoms with E-state index >= 15 is 0 Å². The van der Waals surface area contributed by atoms with Gasteiger partial charge in [-0.15, -0.1) is 0 Å². The fourth-order valence-electron chi connectivity index (χ4n) is 0.198. The Balaban J connectivity index is 3.75. The first-order chi connectivity index (χ1) is 4.20. The summed E-state index contributed by atoms with van der Waals surface area (Å²) in [7, 11) is 3.20. The summed E-state index contributed by atoms with van der Waals surface area (Å²) in [5.74, 6) is 0. The molecule has 0 saturated carbocycles. The molecule has 0 bridgehead atoms. The van der Waals surface area contributed by atoms with Crippen molar-refractivity contribution in [3.63, 3.8) is 0 Å². The lowest BCUT2D eigenvalue weighted by Crippen LogP contribution is -2.15. The minimum Gasteiger partial charge on any atom is -0.378 e. The van der Waals surface area contributed by atoms with Gasteiger partial charge in [0.05, 0.1) is 0 Å². The maximum atomic E-state index is 5.30. The Bertz CT molecular complexity index is 124. The largest absolute Gasteiger partial charge is 0.378 e. The Labute approximate surface area is 58.4 Å². The molecule has 0 aliphatic carbocycles. The molecule has 0 aliphatic rings. The van der Waals surface area contributed by atoms with Crippen LogP contribution in [0.25, 0.3) is 0 Å². The van der Waals surface area contributed by atoms with E-state index in [4.69, 9.17) is 11.5 Å². The molecule has 4 N–H and O–H groups in total. The average molecular weight is 146 g/mol. The molecule has 0 aromatic carbocycles. The molecule has 9 heavy (non-hydrogen) atoms. The van der Waals surface area contributed by atoms with Gasteiger partial charge in [-0.3, -0.25) is 9.98 Å². The highest BCUT2D eigenvalue weighted by Gasteiger charge is 1.93. The molecule has 0 atom stereocenters. The Morgan fingerprint density at radius 3 is 1.67 bits per heavy atom. The summed E-state index contributed by atoms with van der Waals surface area (Å²) in [6.45, 7) is 0. The quantitative estimate of drug-likeness (QED) is 0.361. The van der Waals surface area contributed by atoms with Crippen LogP contribution >= 0.6 is 11.8 Å². The van der Waals surface area contributed by atoms with Gasteiger partial charge >= 0.3 is 0 Å². The zero-order valence-corrected chi connectivity index (χ0v) is 6.27. The first-order valence-electron chi connectivity index (χ1n) is 2.33. The fraction of sp³-hybridized carbons (Fsp3) is 0.500. The van der Waals surface area contributed by atoms with Crippen molar-refractivity contribution in [2.75, 3.05) is 14.1 Å². The van der Waals surface area contributed by atoms with E-state index in [1.807, 2.05) is 0 Å². The van der Waals surface area contributed by atoms with Gasteiger partial charge in [0.2, 0.25) is 0 Å². The van der Waals surface area contributed by atoms with Crippen molar-refractivity contribution in [1.29, 1.82) is 0 Å². The van der Waals surface area contributed by atoms with Crippen LogP contribution in [0.2, 0.25) is 0 Å². The van der Waals surface area contributed by atoms with Crippen LogP contribution in [-0.2, 0) is 0 Å². The van der Waals surface area contributed by atoms with Crippen LogP contribution in [-0.4, -0.2) is 24.4 Å². The molecule has 5 heteroatoms. The Kier molecular flexibility index (Phi) is 3.87. The molecule has 0 unspecified atom stereocenters. The number of amidine groups is 2. The van der Waals surface area contributed by atoms with Crippen molar-refractivity contribution in [3.8, 4) is 0 Å². The Morgan fingerprint density at radius 2 is 1.44 bits per heavy atom. The van der Waals surface area contributed by atoms with Gasteiger partial charge in [0, 0.05) is 14.1 Å². The summed E-state index contributed by atoms with van der Waals surface area (Å²) in [5, 5.41) is 0.858. The van der Waals surface area contributed by atoms with Gasteiger partial charge < -0.3 is 11.5 Å². The second-order valence-corrected chi connectivity index (χ2v) is 2.27. The lowest BCUT2D eigenvalue weighted by Gasteiger charge is -1.94. The molecule has 0 aromatic rings. The number of nitrogens with zero attached hydrogens (tertiary/aromatic N) is 2. The highest BCUT2D eigenvalue weighted by atomic mass is 32.2. The number of aliphatic imine (C=N–C) groups is 2. The zero-order valence-electron chi connectivity index (χ0n) is 5.46. The fourth-order valence-corrected chi connectivity index (χ4v) is 0.595. The molecule has 0 heterocycles. The molecule has 0 saturated heterocycles. The van der Waals surface area contributed by atoms with Gasteiger partial charge in [0.25, 0.3) is 0 Å². The van der Waals surface area contributed by atoms with Crippen molar-refractivity contribution in [2.24, 2.45) is 21.5 Å². The second kappa shape index (κ2) is 4.20. The molecular weight excluding hydrogens is 136 g/mol. The van der Waals surface area contributed by atoms with Gasteiger partial charge in [0.1, 0.15) is 0 Å². The van der Waals surface area contributed by atoms with Crippen LogP contribution < -0.4 is 11.5 Å². The smallest absolute Gasteiger partial charge is 0.161 e. The van der Waals surface area contributed by atoms with E-state index in [1.165, 1.54) is 0 Å². The van der Waals surface area contributed by atoms with Crippen LogP contribution in [0.4, 0.5) is 0 Å². The average Bonchev–Trinajstić information content (AvgIpc) is 1.87. The van der Waals surface area contributed by atoms with Gasteiger partial charge in [-0.25, -0.2) is 0 Å². The minimum absolute atomic E-state index is 0.429. The van der Waals surface area contributed by atoms with E-state index in [0.717, 1.165) is 11.8 Å². The maximum absolute atomic E-state index is 5.30. The predicted octanol–water partition coefficient (Wildman–Crippen LogP) is -0.391. The van der Waals surface area contributed by atoms with E-state index < -0.39 is 0 Å². The van der Waals surface area contributed by atoms with E-state index in [-0.39, 0.29) is 0 Å². The van der Waals surface area contributed by atoms with Crippen LogP contribution in [0.1, 0.15) is 0 Å². The van der Waals surface area contributed by atoms with Crippen molar-refractivity contribution in [3.05, 3.63) is 0 Å². The molecule has 4 nitrogen and oxygen atoms in total. The lowest BCUT2D eigenvalue weighted by molar-refractivity contribution is 1.43. The van der Waals surface area contributed by atoms with E-state index in [1.54, 1.807) is 14.1 Å². The van der Waals surface area contributed by atoms with Crippen molar-refractivity contribution < 1.29 is 0 Å². The third-order valence-electron chi connectivity index (χ3n) is 0.650. The molecule has 52 valence electrons. The molecule has 0 fully saturated rings. The zero-order chi connectivity index (χ0) is 7.28. The van der Waals surface area contributed by atoms with E-state index in [2.05, 4.69) is 9.98 Å². The van der Waals surface area contributed by atoms with E-state index in [0.29, 0.717) is 10.3 Å². The molecular formula is C4H10N4S. The molecule has 0 spiro atoms. The monoisotopic (exact) mass is 146 g/mol. The molecule has 0 aliphatic heterocycles. The second-order valence-electron chi connectivity index (χ2n) is 1.23. The van der Waals surface area contributed by atoms with Gasteiger partial charge in [-0.1, -0.05) is 0 Å². The molecule has 0 aromatic heterocycles. The summed E-state index contributed by atoms with van der Waals surface area (Å²) < 4.78 is 0. The molecule has 0 rings (SSSR count).